The van der Waals surface area contributed by atoms with Gasteiger partial charge in [-0.25, -0.2) is 0 Å². The summed E-state index contributed by atoms with van der Waals surface area (Å²) in [5.74, 6) is 1.71. The van der Waals surface area contributed by atoms with Gasteiger partial charge in [0, 0.05) is 0 Å². The summed E-state index contributed by atoms with van der Waals surface area (Å²) in [6.45, 7) is 0.568. The second-order valence-electron chi connectivity index (χ2n) is 6.58. The first-order chi connectivity index (χ1) is 12.8. The third-order valence-electron chi connectivity index (χ3n) is 4.87. The first-order valence-electron chi connectivity index (χ1n) is 9.02. The maximum Gasteiger partial charge on any atom is 0.140 e. The highest BCUT2D eigenvalue weighted by Gasteiger charge is 2.32. The van der Waals surface area contributed by atoms with Crippen molar-refractivity contribution in [1.29, 1.82) is 0 Å². The van der Waals surface area contributed by atoms with Gasteiger partial charge in [0.2, 0.25) is 0 Å². The number of rotatable bonds is 6. The van der Waals surface area contributed by atoms with E-state index in [0.29, 0.717) is 12.6 Å². The summed E-state index contributed by atoms with van der Waals surface area (Å²) in [5, 5.41) is 3.38. The summed E-state index contributed by atoms with van der Waals surface area (Å²) in [5.41, 5.74) is 3.79. The van der Waals surface area contributed by atoms with E-state index in [1.54, 1.807) is 0 Å². The molecule has 132 valence electrons. The second-order valence-corrected chi connectivity index (χ2v) is 6.58. The van der Waals surface area contributed by atoms with Gasteiger partial charge in [-0.05, 0) is 54.4 Å². The fourth-order valence-corrected chi connectivity index (χ4v) is 3.46. The molecule has 0 radical (unpaired) electrons. The average molecular weight is 345 g/mol. The minimum Gasteiger partial charge on any atom is -0.489 e. The Bertz CT molecular complexity index is 846. The molecule has 26 heavy (non-hydrogen) atoms. The van der Waals surface area contributed by atoms with Crippen LogP contribution in [-0.2, 0) is 13.0 Å². The Morgan fingerprint density at radius 3 is 2.31 bits per heavy atom. The Hall–Kier alpha value is -2.78. The van der Waals surface area contributed by atoms with Crippen LogP contribution in [0.3, 0.4) is 0 Å². The largest absolute Gasteiger partial charge is 0.489 e. The number of hydrogen-bond donors (Lipinski definition) is 1. The highest BCUT2D eigenvalue weighted by molar-refractivity contribution is 5.38. The second kappa shape index (κ2) is 7.63. The van der Waals surface area contributed by atoms with Crippen molar-refractivity contribution in [2.24, 2.45) is 0 Å². The van der Waals surface area contributed by atoms with Crippen molar-refractivity contribution in [2.45, 2.75) is 25.2 Å². The van der Waals surface area contributed by atoms with Gasteiger partial charge in [0.05, 0.1) is 6.04 Å². The van der Waals surface area contributed by atoms with E-state index in [1.165, 1.54) is 11.1 Å². The first kappa shape index (κ1) is 16.7. The van der Waals surface area contributed by atoms with Crippen LogP contribution >= 0.6 is 0 Å². The minimum absolute atomic E-state index is 0.0345. The Morgan fingerprint density at radius 2 is 1.54 bits per heavy atom. The third kappa shape index (κ3) is 3.58. The van der Waals surface area contributed by atoms with Crippen LogP contribution in [-0.4, -0.2) is 13.1 Å². The maximum atomic E-state index is 6.31. The highest BCUT2D eigenvalue weighted by atomic mass is 16.5. The van der Waals surface area contributed by atoms with Crippen LogP contribution < -0.4 is 14.8 Å². The van der Waals surface area contributed by atoms with Crippen LogP contribution in [0.25, 0.3) is 0 Å². The van der Waals surface area contributed by atoms with Gasteiger partial charge >= 0.3 is 0 Å². The van der Waals surface area contributed by atoms with Gasteiger partial charge in [0.25, 0.3) is 0 Å². The monoisotopic (exact) mass is 345 g/mol. The summed E-state index contributed by atoms with van der Waals surface area (Å²) >= 11 is 0. The molecule has 0 aliphatic heterocycles. The number of nitrogens with one attached hydrogen (secondary N) is 1. The van der Waals surface area contributed by atoms with Crippen molar-refractivity contribution in [2.75, 3.05) is 7.05 Å². The van der Waals surface area contributed by atoms with Crippen LogP contribution in [0.15, 0.2) is 78.9 Å². The number of benzene rings is 3. The molecule has 3 heteroatoms. The van der Waals surface area contributed by atoms with Gasteiger partial charge in [-0.1, -0.05) is 54.6 Å². The van der Waals surface area contributed by atoms with Crippen LogP contribution in [0.1, 0.15) is 22.8 Å². The molecular formula is C23H23NO2. The smallest absolute Gasteiger partial charge is 0.140 e. The SMILES string of the molecule is CN[C@@H]1Cc2ccccc2[C@@H]1Oc1ccc(OCc2ccccc2)cc1. The Labute approximate surface area is 154 Å². The van der Waals surface area contributed by atoms with Crippen LogP contribution in [0, 0.1) is 0 Å². The summed E-state index contributed by atoms with van der Waals surface area (Å²) < 4.78 is 12.2. The average Bonchev–Trinajstić information content (AvgIpc) is 3.06. The Balaban J connectivity index is 1.42. The minimum atomic E-state index is 0.0345. The van der Waals surface area contributed by atoms with Crippen molar-refractivity contribution >= 4 is 0 Å². The molecule has 4 rings (SSSR count). The van der Waals surface area contributed by atoms with Crippen molar-refractivity contribution in [3.63, 3.8) is 0 Å². The summed E-state index contributed by atoms with van der Waals surface area (Å²) in [4.78, 5) is 0. The van der Waals surface area contributed by atoms with E-state index in [1.807, 2.05) is 49.5 Å². The molecule has 0 amide bonds. The van der Waals surface area contributed by atoms with Gasteiger partial charge < -0.3 is 14.8 Å². The highest BCUT2D eigenvalue weighted by Crippen LogP contribution is 2.35. The lowest BCUT2D eigenvalue weighted by Gasteiger charge is -2.22. The zero-order valence-electron chi connectivity index (χ0n) is 14.9. The molecule has 3 nitrogen and oxygen atoms in total. The number of hydrogen-bond acceptors (Lipinski definition) is 3. The number of ether oxygens (including phenoxy) is 2. The molecule has 0 saturated carbocycles. The number of likely N-dealkylation sites (N-methyl/N-ethyl adjacent to an activating group) is 1. The van der Waals surface area contributed by atoms with E-state index < -0.39 is 0 Å². The molecule has 2 atom stereocenters. The van der Waals surface area contributed by atoms with Gasteiger partial charge in [0.1, 0.15) is 24.2 Å². The fourth-order valence-electron chi connectivity index (χ4n) is 3.46. The van der Waals surface area contributed by atoms with E-state index in [-0.39, 0.29) is 6.10 Å². The molecule has 0 heterocycles. The van der Waals surface area contributed by atoms with Gasteiger partial charge in [-0.15, -0.1) is 0 Å². The zero-order valence-corrected chi connectivity index (χ0v) is 14.9. The Kier molecular flexibility index (Phi) is 4.89. The topological polar surface area (TPSA) is 30.5 Å². The molecule has 3 aromatic carbocycles. The van der Waals surface area contributed by atoms with E-state index in [0.717, 1.165) is 23.5 Å². The lowest BCUT2D eigenvalue weighted by Crippen LogP contribution is -2.32. The van der Waals surface area contributed by atoms with Crippen molar-refractivity contribution in [1.82, 2.24) is 5.32 Å². The molecular weight excluding hydrogens is 322 g/mol. The zero-order chi connectivity index (χ0) is 17.8. The van der Waals surface area contributed by atoms with Crippen LogP contribution in [0.5, 0.6) is 11.5 Å². The van der Waals surface area contributed by atoms with Crippen LogP contribution in [0.2, 0.25) is 0 Å². The predicted octanol–water partition coefficient (Wildman–Crippen LogP) is 4.53. The van der Waals surface area contributed by atoms with E-state index in [4.69, 9.17) is 9.47 Å². The molecule has 3 aromatic rings. The third-order valence-corrected chi connectivity index (χ3v) is 4.87. The molecule has 1 aliphatic rings. The standard InChI is InChI=1S/C23H23NO2/c1-24-22-15-18-9-5-6-10-21(18)23(22)26-20-13-11-19(12-14-20)25-16-17-7-3-2-4-8-17/h2-14,22-24H,15-16H2,1H3/t22-,23+/m1/s1. The molecule has 1 aliphatic carbocycles. The summed E-state index contributed by atoms with van der Waals surface area (Å²) in [6, 6.07) is 26.9. The summed E-state index contributed by atoms with van der Waals surface area (Å²) in [7, 11) is 1.99. The molecule has 0 spiro atoms. The first-order valence-corrected chi connectivity index (χ1v) is 9.02. The van der Waals surface area contributed by atoms with Gasteiger partial charge in [-0.3, -0.25) is 0 Å². The van der Waals surface area contributed by atoms with Gasteiger partial charge in [-0.2, -0.15) is 0 Å². The summed E-state index contributed by atoms with van der Waals surface area (Å²) in [6.07, 6.45) is 1.03. The lowest BCUT2D eigenvalue weighted by atomic mass is 10.1. The number of fused-ring (bicyclic) bond motifs is 1. The van der Waals surface area contributed by atoms with Crippen molar-refractivity contribution in [3.05, 3.63) is 95.6 Å². The van der Waals surface area contributed by atoms with Crippen molar-refractivity contribution < 1.29 is 9.47 Å². The quantitative estimate of drug-likeness (QED) is 0.712. The molecule has 0 fully saturated rings. The lowest BCUT2D eigenvalue weighted by molar-refractivity contribution is 0.172. The van der Waals surface area contributed by atoms with E-state index in [2.05, 4.69) is 41.7 Å². The Morgan fingerprint density at radius 1 is 0.846 bits per heavy atom. The predicted molar refractivity (Wildman–Crippen MR) is 104 cm³/mol. The van der Waals surface area contributed by atoms with Crippen LogP contribution in [0.4, 0.5) is 0 Å². The molecule has 1 N–H and O–H groups in total. The molecule has 0 unspecified atom stereocenters. The van der Waals surface area contributed by atoms with E-state index in [9.17, 15) is 0 Å². The fraction of sp³-hybridized carbons (Fsp3) is 0.217. The maximum absolute atomic E-state index is 6.31. The van der Waals surface area contributed by atoms with Crippen molar-refractivity contribution in [3.8, 4) is 11.5 Å². The normalized spacial score (nSPS) is 18.3. The van der Waals surface area contributed by atoms with Gasteiger partial charge in [0.15, 0.2) is 0 Å². The molecule has 0 aromatic heterocycles. The van der Waals surface area contributed by atoms with E-state index >= 15 is 0 Å². The molecule has 0 bridgehead atoms. The molecule has 0 saturated heterocycles.